The van der Waals surface area contributed by atoms with Crippen LogP contribution in [0, 0.1) is 0 Å². The van der Waals surface area contributed by atoms with E-state index in [2.05, 4.69) is 27.5 Å². The third kappa shape index (κ3) is 6.40. The molecule has 0 radical (unpaired) electrons. The molecule has 0 saturated carbocycles. The number of benzene rings is 2. The molecule has 13 heteroatoms. The normalized spacial score (nSPS) is 14.2. The lowest BCUT2D eigenvalue weighted by molar-refractivity contribution is -0.164. The van der Waals surface area contributed by atoms with Crippen LogP contribution >= 0.6 is 0 Å². The summed E-state index contributed by atoms with van der Waals surface area (Å²) in [5.41, 5.74) is 5.15. The number of carbonyl (C=O) groups is 3. The number of imidazole rings is 1. The summed E-state index contributed by atoms with van der Waals surface area (Å²) in [7, 11) is 0. The van der Waals surface area contributed by atoms with Gasteiger partial charge in [0.15, 0.2) is 6.04 Å². The Morgan fingerprint density at radius 1 is 1.00 bits per heavy atom. The fourth-order valence-electron chi connectivity index (χ4n) is 5.28. The van der Waals surface area contributed by atoms with Gasteiger partial charge in [0.25, 0.3) is 0 Å². The van der Waals surface area contributed by atoms with Gasteiger partial charge in [0.2, 0.25) is 18.5 Å². The fourth-order valence-corrected chi connectivity index (χ4v) is 5.28. The summed E-state index contributed by atoms with van der Waals surface area (Å²) >= 11 is 0. The predicted molar refractivity (Wildman–Crippen MR) is 153 cm³/mol. The van der Waals surface area contributed by atoms with Crippen molar-refractivity contribution in [3.05, 3.63) is 71.3 Å². The summed E-state index contributed by atoms with van der Waals surface area (Å²) in [4.78, 5) is 44.0. The number of nitrogens with one attached hydrogen (secondary N) is 1. The van der Waals surface area contributed by atoms with E-state index in [0.717, 1.165) is 40.2 Å². The Hall–Kier alpha value is -5.07. The van der Waals surface area contributed by atoms with Crippen LogP contribution in [0.4, 0.5) is 4.79 Å². The zero-order valence-corrected chi connectivity index (χ0v) is 24.3. The number of aromatic nitrogens is 6. The molecule has 224 valence electrons. The second kappa shape index (κ2) is 13.3. The first kappa shape index (κ1) is 29.4. The van der Waals surface area contributed by atoms with Crippen molar-refractivity contribution >= 4 is 18.0 Å². The Kier molecular flexibility index (Phi) is 9.08. The molecular weight excluding hydrogens is 554 g/mol. The third-order valence-corrected chi connectivity index (χ3v) is 7.18. The van der Waals surface area contributed by atoms with Crippen molar-refractivity contribution in [2.75, 3.05) is 19.9 Å². The molecule has 4 aromatic rings. The number of carbonyl (C=O) groups excluding carboxylic acids is 3. The molecule has 1 amide bonds. The fraction of sp³-hybridized carbons (Fsp3) is 0.367. The highest BCUT2D eigenvalue weighted by Crippen LogP contribution is 2.34. The van der Waals surface area contributed by atoms with Gasteiger partial charge in [0.05, 0.1) is 18.0 Å². The van der Waals surface area contributed by atoms with E-state index in [9.17, 15) is 14.4 Å². The zero-order chi connectivity index (χ0) is 30.3. The first-order valence-electron chi connectivity index (χ1n) is 14.1. The maximum atomic E-state index is 13.4. The smallest absolute Gasteiger partial charge is 0.435 e. The highest BCUT2D eigenvalue weighted by atomic mass is 16.8. The highest BCUT2D eigenvalue weighted by Gasteiger charge is 2.40. The minimum atomic E-state index is -1.04. The van der Waals surface area contributed by atoms with Gasteiger partial charge in [-0.1, -0.05) is 55.5 Å². The molecule has 0 saturated heterocycles. The molecule has 0 fully saturated rings. The van der Waals surface area contributed by atoms with E-state index in [-0.39, 0.29) is 12.5 Å². The average Bonchev–Trinajstić information content (AvgIpc) is 3.66. The molecule has 0 bridgehead atoms. The van der Waals surface area contributed by atoms with Crippen molar-refractivity contribution in [2.45, 2.75) is 52.6 Å². The molecule has 1 aliphatic heterocycles. The Morgan fingerprint density at radius 2 is 1.77 bits per heavy atom. The number of esters is 1. The first-order chi connectivity index (χ1) is 20.9. The molecule has 1 aliphatic rings. The summed E-state index contributed by atoms with van der Waals surface area (Å²) in [5, 5.41) is 14.4. The molecule has 1 unspecified atom stereocenters. The van der Waals surface area contributed by atoms with Gasteiger partial charge in [0, 0.05) is 38.4 Å². The number of fused-ring (bicyclic) bond motifs is 1. The molecule has 2 aromatic carbocycles. The minimum Gasteiger partial charge on any atom is -0.435 e. The van der Waals surface area contributed by atoms with E-state index >= 15 is 0 Å². The van der Waals surface area contributed by atoms with Gasteiger partial charge in [0.1, 0.15) is 5.82 Å². The predicted octanol–water partition coefficient (Wildman–Crippen LogP) is 3.85. The minimum absolute atomic E-state index is 0.128. The molecule has 0 aliphatic carbocycles. The SMILES string of the molecule is CCCc1nc2c(n1Cc1ccc(-c3ccccc3-c3nn[nH]n3)cc1)C(C(=O)OCOC(=O)OCC)N(C(C)=O)CC2. The van der Waals surface area contributed by atoms with Crippen molar-refractivity contribution in [1.82, 2.24) is 35.1 Å². The number of H-pyrrole nitrogens is 1. The first-order valence-corrected chi connectivity index (χ1v) is 14.1. The third-order valence-electron chi connectivity index (χ3n) is 7.18. The monoisotopic (exact) mass is 587 g/mol. The summed E-state index contributed by atoms with van der Waals surface area (Å²) in [6.45, 7) is 5.37. The number of aryl methyl sites for hydroxylation is 1. The van der Waals surface area contributed by atoms with Crippen molar-refractivity contribution < 1.29 is 28.6 Å². The second-order valence-corrected chi connectivity index (χ2v) is 9.95. The van der Waals surface area contributed by atoms with Crippen molar-refractivity contribution in [3.8, 4) is 22.5 Å². The van der Waals surface area contributed by atoms with Gasteiger partial charge in [-0.2, -0.15) is 5.21 Å². The topological polar surface area (TPSA) is 154 Å². The lowest BCUT2D eigenvalue weighted by atomic mass is 9.98. The molecule has 2 aromatic heterocycles. The molecule has 0 spiro atoms. The van der Waals surface area contributed by atoms with Crippen LogP contribution in [0.25, 0.3) is 22.5 Å². The maximum absolute atomic E-state index is 13.4. The van der Waals surface area contributed by atoms with Gasteiger partial charge < -0.3 is 23.7 Å². The van der Waals surface area contributed by atoms with Crippen molar-refractivity contribution in [2.24, 2.45) is 0 Å². The summed E-state index contributed by atoms with van der Waals surface area (Å²) in [5.74, 6) is 0.353. The van der Waals surface area contributed by atoms with Crippen LogP contribution in [-0.2, 0) is 43.2 Å². The largest absolute Gasteiger partial charge is 0.511 e. The Bertz CT molecular complexity index is 1580. The number of hydrogen-bond donors (Lipinski definition) is 1. The molecule has 1 N–H and O–H groups in total. The van der Waals surface area contributed by atoms with Gasteiger partial charge in [-0.25, -0.2) is 14.6 Å². The highest BCUT2D eigenvalue weighted by molar-refractivity contribution is 5.85. The standard InChI is InChI=1S/C30H33N7O6/c1-4-8-25-31-24-15-16-36(19(3)38)27(29(39)42-18-43-30(40)41-5-2)26(24)37(25)17-20-11-13-21(14-12-20)22-9-6-7-10-23(22)28-32-34-35-33-28/h6-7,9-14,27H,4-5,8,15-18H2,1-3H3,(H,32,33,34,35). The van der Waals surface area contributed by atoms with E-state index in [0.29, 0.717) is 37.4 Å². The number of amides is 1. The van der Waals surface area contributed by atoms with Crippen LogP contribution in [0.5, 0.6) is 0 Å². The van der Waals surface area contributed by atoms with Crippen LogP contribution in [0.3, 0.4) is 0 Å². The van der Waals surface area contributed by atoms with Crippen LogP contribution in [-0.4, -0.2) is 73.1 Å². The van der Waals surface area contributed by atoms with E-state index in [1.54, 1.807) is 6.92 Å². The van der Waals surface area contributed by atoms with E-state index < -0.39 is 25.0 Å². The van der Waals surface area contributed by atoms with Gasteiger partial charge in [-0.05, 0) is 35.2 Å². The zero-order valence-electron chi connectivity index (χ0n) is 24.3. The average molecular weight is 588 g/mol. The molecule has 13 nitrogen and oxygen atoms in total. The molecule has 5 rings (SSSR count). The quantitative estimate of drug-likeness (QED) is 0.214. The Balaban J connectivity index is 1.45. The number of nitrogens with zero attached hydrogens (tertiary/aromatic N) is 6. The Morgan fingerprint density at radius 3 is 2.44 bits per heavy atom. The lowest BCUT2D eigenvalue weighted by Crippen LogP contribution is -2.44. The summed E-state index contributed by atoms with van der Waals surface area (Å²) in [6, 6.07) is 14.9. The van der Waals surface area contributed by atoms with Crippen LogP contribution in [0.15, 0.2) is 48.5 Å². The number of hydrogen-bond acceptors (Lipinski definition) is 10. The summed E-state index contributed by atoms with van der Waals surface area (Å²) in [6.07, 6.45) is 1.10. The summed E-state index contributed by atoms with van der Waals surface area (Å²) < 4.78 is 16.9. The van der Waals surface area contributed by atoms with E-state index in [1.807, 2.05) is 53.1 Å². The number of rotatable bonds is 10. The number of ether oxygens (including phenoxy) is 3. The van der Waals surface area contributed by atoms with E-state index in [4.69, 9.17) is 19.2 Å². The number of aromatic amines is 1. The molecule has 43 heavy (non-hydrogen) atoms. The van der Waals surface area contributed by atoms with Gasteiger partial charge in [-0.3, -0.25) is 4.79 Å². The second-order valence-electron chi connectivity index (χ2n) is 9.95. The maximum Gasteiger partial charge on any atom is 0.511 e. The van der Waals surface area contributed by atoms with Gasteiger partial charge in [-0.15, -0.1) is 10.2 Å². The molecular formula is C30H33N7O6. The van der Waals surface area contributed by atoms with Crippen LogP contribution in [0.2, 0.25) is 0 Å². The van der Waals surface area contributed by atoms with Crippen molar-refractivity contribution in [3.63, 3.8) is 0 Å². The Labute approximate surface area is 248 Å². The number of tetrazole rings is 1. The van der Waals surface area contributed by atoms with Crippen LogP contribution in [0.1, 0.15) is 56.0 Å². The van der Waals surface area contributed by atoms with Gasteiger partial charge >= 0.3 is 12.1 Å². The lowest BCUT2D eigenvalue weighted by Gasteiger charge is -2.34. The van der Waals surface area contributed by atoms with E-state index in [1.165, 1.54) is 11.8 Å². The molecule has 3 heterocycles. The van der Waals surface area contributed by atoms with Crippen LogP contribution < -0.4 is 0 Å². The molecule has 1 atom stereocenters. The van der Waals surface area contributed by atoms with Crippen molar-refractivity contribution in [1.29, 1.82) is 0 Å².